The van der Waals surface area contributed by atoms with Crippen molar-refractivity contribution in [3.63, 3.8) is 0 Å². The minimum Gasteiger partial charge on any atom is -0.373 e. The van der Waals surface area contributed by atoms with Crippen molar-refractivity contribution in [2.75, 3.05) is 32.5 Å². The maximum absolute atomic E-state index is 14.5. The quantitative estimate of drug-likeness (QED) is 0.374. The highest BCUT2D eigenvalue weighted by atomic mass is 19.1. The molecule has 1 amide bonds. The number of likely N-dealkylation sites (N-methyl/N-ethyl adjacent to an activating group) is 1. The fraction of sp³-hybridized carbons (Fsp3) is 0.267. The van der Waals surface area contributed by atoms with Gasteiger partial charge in [0.25, 0.3) is 5.91 Å². The SMILES string of the molecule is CNc1ncc(C#N)cc1-c1ccc2ncc(-c3cc(C)cc(F)c3)c(C(=O)N(C)C[C@@H]3CCCN3)c2c1. The molecular weight excluding hydrogens is 479 g/mol. The molecule has 1 fully saturated rings. The second-order valence-electron chi connectivity index (χ2n) is 9.76. The first-order chi connectivity index (χ1) is 18.4. The standard InChI is InChI=1S/C30H29FN6O/c1-18-9-21(12-22(31)10-18)26-16-35-27-7-6-20(24-11-19(14-32)15-36-29(24)33-2)13-25(27)28(26)30(38)37(3)17-23-5-4-8-34-23/h6-7,9-13,15-16,23,34H,4-5,8,17H2,1-3H3,(H,33,36)/t23-/m0/s1. The number of aryl methyl sites for hydroxylation is 1. The van der Waals surface area contributed by atoms with Crippen molar-refractivity contribution in [3.8, 4) is 28.3 Å². The van der Waals surface area contributed by atoms with Crippen LogP contribution in [0.15, 0.2) is 54.9 Å². The van der Waals surface area contributed by atoms with Crippen LogP contribution in [0.5, 0.6) is 0 Å². The largest absolute Gasteiger partial charge is 0.373 e. The number of nitrogens with zero attached hydrogens (tertiary/aromatic N) is 4. The maximum atomic E-state index is 14.5. The molecule has 1 aliphatic rings. The fourth-order valence-corrected chi connectivity index (χ4v) is 5.16. The number of pyridine rings is 2. The van der Waals surface area contributed by atoms with Crippen LogP contribution >= 0.6 is 0 Å². The van der Waals surface area contributed by atoms with E-state index >= 15 is 0 Å². The Labute approximate surface area is 221 Å². The number of benzene rings is 2. The average molecular weight is 509 g/mol. The van der Waals surface area contributed by atoms with Crippen LogP contribution in [0.25, 0.3) is 33.2 Å². The number of amides is 1. The molecule has 8 heteroatoms. The molecule has 7 nitrogen and oxygen atoms in total. The zero-order valence-corrected chi connectivity index (χ0v) is 21.7. The number of hydrogen-bond donors (Lipinski definition) is 2. The smallest absolute Gasteiger partial charge is 0.255 e. The molecule has 4 aromatic rings. The van der Waals surface area contributed by atoms with Crippen molar-refractivity contribution in [3.05, 3.63) is 77.4 Å². The van der Waals surface area contributed by atoms with E-state index in [9.17, 15) is 14.4 Å². The van der Waals surface area contributed by atoms with Crippen LogP contribution in [0.1, 0.15) is 34.3 Å². The first kappa shape index (κ1) is 25.3. The van der Waals surface area contributed by atoms with Crippen LogP contribution in [0.4, 0.5) is 10.2 Å². The minimum absolute atomic E-state index is 0.155. The summed E-state index contributed by atoms with van der Waals surface area (Å²) in [6.07, 6.45) is 5.28. The van der Waals surface area contributed by atoms with Gasteiger partial charge in [0.1, 0.15) is 17.7 Å². The highest BCUT2D eigenvalue weighted by Gasteiger charge is 2.25. The Hall–Kier alpha value is -4.35. The Morgan fingerprint density at radius 1 is 1.16 bits per heavy atom. The second-order valence-corrected chi connectivity index (χ2v) is 9.76. The number of anilines is 1. The van der Waals surface area contributed by atoms with E-state index in [0.717, 1.165) is 36.1 Å². The van der Waals surface area contributed by atoms with Gasteiger partial charge in [0.05, 0.1) is 16.6 Å². The molecule has 38 heavy (non-hydrogen) atoms. The molecule has 5 rings (SSSR count). The van der Waals surface area contributed by atoms with Gasteiger partial charge in [-0.05, 0) is 73.3 Å². The van der Waals surface area contributed by atoms with E-state index in [2.05, 4.69) is 26.7 Å². The maximum Gasteiger partial charge on any atom is 0.255 e. The van der Waals surface area contributed by atoms with Crippen LogP contribution in [-0.2, 0) is 0 Å². The summed E-state index contributed by atoms with van der Waals surface area (Å²) in [5, 5.41) is 16.6. The van der Waals surface area contributed by atoms with Gasteiger partial charge >= 0.3 is 0 Å². The molecule has 0 saturated carbocycles. The normalized spacial score (nSPS) is 14.9. The number of aromatic nitrogens is 2. The predicted molar refractivity (Wildman–Crippen MR) is 147 cm³/mol. The Morgan fingerprint density at radius 3 is 2.71 bits per heavy atom. The summed E-state index contributed by atoms with van der Waals surface area (Å²) in [5.41, 5.74) is 5.01. The minimum atomic E-state index is -0.367. The highest BCUT2D eigenvalue weighted by molar-refractivity contribution is 6.12. The first-order valence-electron chi connectivity index (χ1n) is 12.7. The van der Waals surface area contributed by atoms with Gasteiger partial charge in [0.2, 0.25) is 0 Å². The number of hydrogen-bond acceptors (Lipinski definition) is 6. The summed E-state index contributed by atoms with van der Waals surface area (Å²) in [4.78, 5) is 24.8. The third-order valence-electron chi connectivity index (χ3n) is 7.00. The van der Waals surface area contributed by atoms with E-state index in [0.29, 0.717) is 45.5 Å². The predicted octanol–water partition coefficient (Wildman–Crippen LogP) is 5.15. The topological polar surface area (TPSA) is 93.9 Å². The van der Waals surface area contributed by atoms with Crippen molar-refractivity contribution in [1.29, 1.82) is 5.26 Å². The van der Waals surface area contributed by atoms with Gasteiger partial charge in [0.15, 0.2) is 0 Å². The summed E-state index contributed by atoms with van der Waals surface area (Å²) >= 11 is 0. The van der Waals surface area contributed by atoms with Crippen molar-refractivity contribution in [1.82, 2.24) is 20.2 Å². The number of carbonyl (C=O) groups excluding carboxylic acids is 1. The molecule has 0 unspecified atom stereocenters. The average Bonchev–Trinajstić information content (AvgIpc) is 3.43. The number of fused-ring (bicyclic) bond motifs is 1. The molecule has 1 aliphatic heterocycles. The second kappa shape index (κ2) is 10.6. The monoisotopic (exact) mass is 508 g/mol. The van der Waals surface area contributed by atoms with Crippen molar-refractivity contribution < 1.29 is 9.18 Å². The molecule has 192 valence electrons. The lowest BCUT2D eigenvalue weighted by atomic mass is 9.93. The Balaban J connectivity index is 1.72. The Kier molecular flexibility index (Phi) is 7.03. The third kappa shape index (κ3) is 4.93. The van der Waals surface area contributed by atoms with E-state index in [1.807, 2.05) is 31.2 Å². The zero-order chi connectivity index (χ0) is 26.8. The molecule has 0 bridgehead atoms. The molecule has 2 aromatic carbocycles. The van der Waals surface area contributed by atoms with E-state index in [-0.39, 0.29) is 17.8 Å². The van der Waals surface area contributed by atoms with Crippen LogP contribution in [0.2, 0.25) is 0 Å². The van der Waals surface area contributed by atoms with Gasteiger partial charge in [-0.3, -0.25) is 9.78 Å². The van der Waals surface area contributed by atoms with Gasteiger partial charge in [-0.15, -0.1) is 0 Å². The zero-order valence-electron chi connectivity index (χ0n) is 21.7. The third-order valence-corrected chi connectivity index (χ3v) is 7.00. The van der Waals surface area contributed by atoms with Crippen LogP contribution < -0.4 is 10.6 Å². The Bertz CT molecular complexity index is 1550. The van der Waals surface area contributed by atoms with E-state index in [1.54, 1.807) is 31.3 Å². The molecule has 2 N–H and O–H groups in total. The lowest BCUT2D eigenvalue weighted by Gasteiger charge is -2.24. The molecule has 0 aliphatic carbocycles. The number of halogens is 1. The van der Waals surface area contributed by atoms with Crippen molar-refractivity contribution >= 4 is 22.6 Å². The van der Waals surface area contributed by atoms with E-state index in [4.69, 9.17) is 0 Å². The number of nitrogens with one attached hydrogen (secondary N) is 2. The van der Waals surface area contributed by atoms with Gasteiger partial charge < -0.3 is 15.5 Å². The van der Waals surface area contributed by atoms with Crippen LogP contribution in [0.3, 0.4) is 0 Å². The first-order valence-corrected chi connectivity index (χ1v) is 12.7. The molecule has 2 aromatic heterocycles. The lowest BCUT2D eigenvalue weighted by Crippen LogP contribution is -2.38. The molecule has 1 saturated heterocycles. The molecule has 1 atom stereocenters. The van der Waals surface area contributed by atoms with E-state index < -0.39 is 0 Å². The Morgan fingerprint density at radius 2 is 2.00 bits per heavy atom. The summed E-state index contributed by atoms with van der Waals surface area (Å²) in [6, 6.07) is 14.6. The number of nitriles is 1. The van der Waals surface area contributed by atoms with E-state index in [1.165, 1.54) is 18.3 Å². The molecule has 0 spiro atoms. The summed E-state index contributed by atoms with van der Waals surface area (Å²) in [5.74, 6) is 0.0947. The van der Waals surface area contributed by atoms with Crippen LogP contribution in [0, 0.1) is 24.1 Å². The van der Waals surface area contributed by atoms with Crippen molar-refractivity contribution in [2.45, 2.75) is 25.8 Å². The summed E-state index contributed by atoms with van der Waals surface area (Å²) < 4.78 is 14.5. The summed E-state index contributed by atoms with van der Waals surface area (Å²) in [6.45, 7) is 3.35. The van der Waals surface area contributed by atoms with Gasteiger partial charge in [-0.2, -0.15) is 5.26 Å². The fourth-order valence-electron chi connectivity index (χ4n) is 5.16. The van der Waals surface area contributed by atoms with Gasteiger partial charge in [0, 0.05) is 55.6 Å². The number of rotatable bonds is 6. The molecule has 3 heterocycles. The number of carbonyl (C=O) groups is 1. The van der Waals surface area contributed by atoms with Crippen molar-refractivity contribution in [2.24, 2.45) is 0 Å². The molecule has 0 radical (unpaired) electrons. The lowest BCUT2D eigenvalue weighted by molar-refractivity contribution is 0.0786. The van der Waals surface area contributed by atoms with Gasteiger partial charge in [-0.25, -0.2) is 9.37 Å². The molecular formula is C30H29FN6O. The van der Waals surface area contributed by atoms with Crippen LogP contribution in [-0.4, -0.2) is 54.0 Å². The van der Waals surface area contributed by atoms with Gasteiger partial charge in [-0.1, -0.05) is 12.1 Å². The summed E-state index contributed by atoms with van der Waals surface area (Å²) in [7, 11) is 3.57. The highest BCUT2D eigenvalue weighted by Crippen LogP contribution is 2.35.